The third kappa shape index (κ3) is 2.71. The third-order valence-corrected chi connectivity index (χ3v) is 3.65. The Labute approximate surface area is 88.8 Å². The summed E-state index contributed by atoms with van der Waals surface area (Å²) in [7, 11) is 2.26. The van der Waals surface area contributed by atoms with E-state index in [4.69, 9.17) is 5.73 Å². The number of nitrogens with two attached hydrogens (primary N) is 1. The molecule has 2 nitrogen and oxygen atoms in total. The number of fused-ring (bicyclic) bond motifs is 1. The summed E-state index contributed by atoms with van der Waals surface area (Å²) in [4.78, 5) is 2.52. The van der Waals surface area contributed by atoms with E-state index in [-0.39, 0.29) is 0 Å². The van der Waals surface area contributed by atoms with Crippen LogP contribution in [0.25, 0.3) is 0 Å². The molecule has 84 valence electrons. The summed E-state index contributed by atoms with van der Waals surface area (Å²) in [5, 5.41) is 0. The third-order valence-electron chi connectivity index (χ3n) is 3.65. The van der Waals surface area contributed by atoms with E-state index < -0.39 is 0 Å². The average Bonchev–Trinajstić information content (AvgIpc) is 2.22. The van der Waals surface area contributed by atoms with E-state index in [1.807, 2.05) is 13.8 Å². The van der Waals surface area contributed by atoms with Gasteiger partial charge in [0.15, 0.2) is 0 Å². The van der Waals surface area contributed by atoms with Crippen LogP contribution in [0.3, 0.4) is 0 Å². The van der Waals surface area contributed by atoms with Gasteiger partial charge in [0, 0.05) is 12.1 Å². The van der Waals surface area contributed by atoms with Crippen molar-refractivity contribution in [2.75, 3.05) is 13.6 Å². The first-order chi connectivity index (χ1) is 6.77. The van der Waals surface area contributed by atoms with Crippen molar-refractivity contribution in [3.05, 3.63) is 0 Å². The molecule has 2 heteroatoms. The number of piperidine rings is 1. The van der Waals surface area contributed by atoms with Gasteiger partial charge >= 0.3 is 0 Å². The number of likely N-dealkylation sites (tertiary alicyclic amines) is 1. The Morgan fingerprint density at radius 2 is 1.86 bits per heavy atom. The lowest BCUT2D eigenvalue weighted by Crippen LogP contribution is -2.49. The van der Waals surface area contributed by atoms with Crippen LogP contribution in [0.2, 0.25) is 0 Å². The van der Waals surface area contributed by atoms with Gasteiger partial charge in [-0.25, -0.2) is 0 Å². The second kappa shape index (κ2) is 5.72. The predicted octanol–water partition coefficient (Wildman–Crippen LogP) is 2.23. The summed E-state index contributed by atoms with van der Waals surface area (Å²) in [5.74, 6) is 0.962. The van der Waals surface area contributed by atoms with Gasteiger partial charge in [0.05, 0.1) is 0 Å². The molecule has 14 heavy (non-hydrogen) atoms. The highest BCUT2D eigenvalue weighted by Gasteiger charge is 2.33. The molecule has 0 bridgehead atoms. The molecule has 0 spiro atoms. The summed E-state index contributed by atoms with van der Waals surface area (Å²) >= 11 is 0. The zero-order valence-corrected chi connectivity index (χ0v) is 10.00. The van der Waals surface area contributed by atoms with Crippen LogP contribution in [-0.4, -0.2) is 30.6 Å². The number of nitrogens with zero attached hydrogens (tertiary/aromatic N) is 1. The van der Waals surface area contributed by atoms with Gasteiger partial charge in [0.2, 0.25) is 0 Å². The van der Waals surface area contributed by atoms with Crippen LogP contribution in [0.4, 0.5) is 0 Å². The molecule has 1 aliphatic carbocycles. The van der Waals surface area contributed by atoms with E-state index in [1.165, 1.54) is 38.6 Å². The van der Waals surface area contributed by atoms with Crippen LogP contribution in [0.5, 0.6) is 0 Å². The van der Waals surface area contributed by atoms with Gasteiger partial charge in [-0.2, -0.15) is 0 Å². The van der Waals surface area contributed by atoms with Crippen molar-refractivity contribution in [1.29, 1.82) is 0 Å². The van der Waals surface area contributed by atoms with Crippen LogP contribution >= 0.6 is 0 Å². The fraction of sp³-hybridized carbons (Fsp3) is 1.00. The molecule has 3 atom stereocenters. The molecule has 0 aromatic heterocycles. The molecule has 0 aromatic rings. The maximum atomic E-state index is 5.98. The van der Waals surface area contributed by atoms with Crippen LogP contribution in [0, 0.1) is 5.92 Å². The van der Waals surface area contributed by atoms with Gasteiger partial charge in [0.25, 0.3) is 0 Å². The maximum Gasteiger partial charge on any atom is 0.0135 e. The molecule has 2 N–H and O–H groups in total. The number of rotatable bonds is 0. The Morgan fingerprint density at radius 1 is 1.14 bits per heavy atom. The molecule has 1 aliphatic heterocycles. The standard InChI is InChI=1S/C10H20N2.C2H6/c1-12-6-2-3-8-4-5-9(11)7-10(8)12;1-2/h8-10H,2-7,11H2,1H3;1-2H3. The molecule has 3 unspecified atom stereocenters. The van der Waals surface area contributed by atoms with Crippen molar-refractivity contribution in [1.82, 2.24) is 4.90 Å². The first-order valence-electron chi connectivity index (χ1n) is 6.23. The van der Waals surface area contributed by atoms with Crippen molar-refractivity contribution in [3.63, 3.8) is 0 Å². The SMILES string of the molecule is CC.CN1CCCC2CCC(N)CC21. The van der Waals surface area contributed by atoms with E-state index in [0.717, 1.165) is 12.0 Å². The minimum atomic E-state index is 0.479. The second-order valence-electron chi connectivity index (χ2n) is 4.52. The molecule has 0 radical (unpaired) electrons. The Bertz CT molecular complexity index is 158. The summed E-state index contributed by atoms with van der Waals surface area (Å²) < 4.78 is 0. The lowest BCUT2D eigenvalue weighted by Gasteiger charge is -2.44. The van der Waals surface area contributed by atoms with Crippen molar-refractivity contribution in [2.45, 2.75) is 58.0 Å². The van der Waals surface area contributed by atoms with Crippen LogP contribution < -0.4 is 5.73 Å². The van der Waals surface area contributed by atoms with Crippen LogP contribution in [0.15, 0.2) is 0 Å². The zero-order valence-electron chi connectivity index (χ0n) is 10.00. The van der Waals surface area contributed by atoms with Crippen LogP contribution in [-0.2, 0) is 0 Å². The van der Waals surface area contributed by atoms with Crippen LogP contribution in [0.1, 0.15) is 46.0 Å². The average molecular weight is 198 g/mol. The van der Waals surface area contributed by atoms with Gasteiger partial charge in [-0.15, -0.1) is 0 Å². The molecule has 1 heterocycles. The predicted molar refractivity (Wildman–Crippen MR) is 62.3 cm³/mol. The Balaban J connectivity index is 0.000000461. The largest absolute Gasteiger partial charge is 0.328 e. The lowest BCUT2D eigenvalue weighted by atomic mass is 9.77. The maximum absolute atomic E-state index is 5.98. The molecule has 2 rings (SSSR count). The van der Waals surface area contributed by atoms with Crippen molar-refractivity contribution < 1.29 is 0 Å². The fourth-order valence-corrected chi connectivity index (χ4v) is 2.89. The van der Waals surface area contributed by atoms with Crippen molar-refractivity contribution in [2.24, 2.45) is 11.7 Å². The van der Waals surface area contributed by atoms with E-state index in [9.17, 15) is 0 Å². The highest BCUT2D eigenvalue weighted by molar-refractivity contribution is 4.89. The van der Waals surface area contributed by atoms with Gasteiger partial charge in [-0.05, 0) is 51.6 Å². The summed E-state index contributed by atoms with van der Waals surface area (Å²) in [5.41, 5.74) is 5.98. The Hall–Kier alpha value is -0.0800. The summed E-state index contributed by atoms with van der Waals surface area (Å²) in [6.07, 6.45) is 6.71. The summed E-state index contributed by atoms with van der Waals surface area (Å²) in [6.45, 7) is 5.29. The monoisotopic (exact) mass is 198 g/mol. The number of hydrogen-bond donors (Lipinski definition) is 1. The molecule has 2 aliphatic rings. The van der Waals surface area contributed by atoms with Gasteiger partial charge in [-0.3, -0.25) is 0 Å². The minimum absolute atomic E-state index is 0.479. The first-order valence-corrected chi connectivity index (χ1v) is 6.23. The summed E-state index contributed by atoms with van der Waals surface area (Å²) in [6, 6.07) is 1.29. The Kier molecular flexibility index (Phi) is 4.90. The molecular weight excluding hydrogens is 172 g/mol. The lowest BCUT2D eigenvalue weighted by molar-refractivity contribution is 0.0762. The van der Waals surface area contributed by atoms with Gasteiger partial charge in [0.1, 0.15) is 0 Å². The number of hydrogen-bond acceptors (Lipinski definition) is 2. The Morgan fingerprint density at radius 3 is 2.57 bits per heavy atom. The second-order valence-corrected chi connectivity index (χ2v) is 4.52. The highest BCUT2D eigenvalue weighted by Crippen LogP contribution is 2.33. The molecule has 0 amide bonds. The van der Waals surface area contributed by atoms with E-state index in [2.05, 4.69) is 11.9 Å². The molecule has 0 aromatic carbocycles. The van der Waals surface area contributed by atoms with E-state index >= 15 is 0 Å². The van der Waals surface area contributed by atoms with Gasteiger partial charge in [-0.1, -0.05) is 13.8 Å². The van der Waals surface area contributed by atoms with Crippen molar-refractivity contribution in [3.8, 4) is 0 Å². The highest BCUT2D eigenvalue weighted by atomic mass is 15.1. The normalized spacial score (nSPS) is 38.1. The first kappa shape index (κ1) is 12.0. The van der Waals surface area contributed by atoms with Crippen molar-refractivity contribution >= 4 is 0 Å². The van der Waals surface area contributed by atoms with Gasteiger partial charge < -0.3 is 10.6 Å². The van der Waals surface area contributed by atoms with E-state index in [1.54, 1.807) is 0 Å². The molecule has 1 saturated carbocycles. The zero-order chi connectivity index (χ0) is 10.6. The molecule has 1 saturated heterocycles. The minimum Gasteiger partial charge on any atom is -0.328 e. The van der Waals surface area contributed by atoms with E-state index in [0.29, 0.717) is 6.04 Å². The topological polar surface area (TPSA) is 29.3 Å². The quantitative estimate of drug-likeness (QED) is 0.647. The smallest absolute Gasteiger partial charge is 0.0135 e. The fourth-order valence-electron chi connectivity index (χ4n) is 2.89. The molecule has 2 fully saturated rings. The molecular formula is C12H26N2.